The fourth-order valence-electron chi connectivity index (χ4n) is 1.92. The topological polar surface area (TPSA) is 61.8 Å². The van der Waals surface area contributed by atoms with E-state index in [9.17, 15) is 9.59 Å². The third kappa shape index (κ3) is 3.12. The zero-order valence-electron chi connectivity index (χ0n) is 11.9. The second-order valence-corrected chi connectivity index (χ2v) is 4.70. The number of esters is 1. The van der Waals surface area contributed by atoms with Gasteiger partial charge in [-0.25, -0.2) is 4.79 Å². The molecular formula is C14H17BrO5. The van der Waals surface area contributed by atoms with E-state index in [1.165, 1.54) is 14.2 Å². The van der Waals surface area contributed by atoms with Crippen LogP contribution in [0.4, 0.5) is 0 Å². The van der Waals surface area contributed by atoms with Crippen molar-refractivity contribution in [3.63, 3.8) is 0 Å². The van der Waals surface area contributed by atoms with Crippen LogP contribution in [-0.4, -0.2) is 32.6 Å². The molecule has 0 atom stereocenters. The van der Waals surface area contributed by atoms with Crippen LogP contribution in [0.3, 0.4) is 0 Å². The zero-order valence-corrected chi connectivity index (χ0v) is 13.5. The van der Waals surface area contributed by atoms with E-state index in [0.717, 1.165) is 0 Å². The maximum absolute atomic E-state index is 12.2. The minimum absolute atomic E-state index is 0.150. The van der Waals surface area contributed by atoms with Crippen LogP contribution in [0.1, 0.15) is 29.8 Å². The Balaban J connectivity index is 3.46. The van der Waals surface area contributed by atoms with Gasteiger partial charge in [0.2, 0.25) is 0 Å². The van der Waals surface area contributed by atoms with E-state index < -0.39 is 11.8 Å². The van der Waals surface area contributed by atoms with Crippen LogP contribution in [0.5, 0.6) is 11.5 Å². The maximum Gasteiger partial charge on any atom is 0.379 e. The lowest BCUT2D eigenvalue weighted by Gasteiger charge is -2.16. The summed E-state index contributed by atoms with van der Waals surface area (Å²) in [7, 11) is 3.00. The van der Waals surface area contributed by atoms with Gasteiger partial charge in [0, 0.05) is 10.0 Å². The molecule has 0 aromatic heterocycles. The van der Waals surface area contributed by atoms with Gasteiger partial charge < -0.3 is 14.2 Å². The van der Waals surface area contributed by atoms with E-state index >= 15 is 0 Å². The van der Waals surface area contributed by atoms with Crippen molar-refractivity contribution < 1.29 is 23.8 Å². The van der Waals surface area contributed by atoms with Gasteiger partial charge in [-0.1, -0.05) is 6.92 Å². The van der Waals surface area contributed by atoms with Gasteiger partial charge in [-0.15, -0.1) is 0 Å². The molecule has 0 spiro atoms. The molecule has 1 rings (SSSR count). The van der Waals surface area contributed by atoms with Crippen LogP contribution in [-0.2, 0) is 16.0 Å². The first-order valence-electron chi connectivity index (χ1n) is 6.16. The summed E-state index contributed by atoms with van der Waals surface area (Å²) in [6.45, 7) is 3.66. The standard InChI is InChI=1S/C14H17BrO5/c1-5-8-11(12(16)14(17)20-6-2)9(15)7-10(18-3)13(8)19-4/h7H,5-6H2,1-4H3. The predicted octanol–water partition coefficient (Wildman–Crippen LogP) is 2.77. The van der Waals surface area contributed by atoms with Gasteiger partial charge in [-0.05, 0) is 35.3 Å². The SMILES string of the molecule is CCOC(=O)C(=O)c1c(Br)cc(OC)c(OC)c1CC. The number of ketones is 1. The summed E-state index contributed by atoms with van der Waals surface area (Å²) in [6, 6.07) is 1.60. The number of Topliss-reactive ketones (excluding diaryl/α,β-unsaturated/α-hetero) is 1. The average molecular weight is 345 g/mol. The highest BCUT2D eigenvalue weighted by Crippen LogP contribution is 2.38. The number of carbonyl (C=O) groups is 2. The highest BCUT2D eigenvalue weighted by molar-refractivity contribution is 9.10. The Morgan fingerprint density at radius 2 is 1.85 bits per heavy atom. The fourth-order valence-corrected chi connectivity index (χ4v) is 2.54. The lowest BCUT2D eigenvalue weighted by molar-refractivity contribution is -0.137. The van der Waals surface area contributed by atoms with Gasteiger partial charge in [0.15, 0.2) is 11.5 Å². The molecular weight excluding hydrogens is 328 g/mol. The van der Waals surface area contributed by atoms with Crippen LogP contribution in [0.2, 0.25) is 0 Å². The quantitative estimate of drug-likeness (QED) is 0.451. The Morgan fingerprint density at radius 3 is 2.30 bits per heavy atom. The molecule has 0 heterocycles. The van der Waals surface area contributed by atoms with Crippen molar-refractivity contribution in [1.82, 2.24) is 0 Å². The first-order chi connectivity index (χ1) is 9.51. The Labute approximate surface area is 126 Å². The molecule has 0 aliphatic carbocycles. The zero-order chi connectivity index (χ0) is 15.3. The van der Waals surface area contributed by atoms with Gasteiger partial charge in [0.05, 0.1) is 26.4 Å². The van der Waals surface area contributed by atoms with Crippen LogP contribution in [0.15, 0.2) is 10.5 Å². The molecule has 20 heavy (non-hydrogen) atoms. The molecule has 1 aromatic rings. The number of rotatable bonds is 6. The van der Waals surface area contributed by atoms with Crippen molar-refractivity contribution in [3.8, 4) is 11.5 Å². The van der Waals surface area contributed by atoms with E-state index in [2.05, 4.69) is 15.9 Å². The summed E-state index contributed by atoms with van der Waals surface area (Å²) in [5.41, 5.74) is 0.861. The third-order valence-corrected chi connectivity index (χ3v) is 3.39. The molecule has 0 saturated carbocycles. The average Bonchev–Trinajstić information content (AvgIpc) is 2.45. The molecule has 0 radical (unpaired) electrons. The smallest absolute Gasteiger partial charge is 0.379 e. The van der Waals surface area contributed by atoms with Crippen LogP contribution in [0.25, 0.3) is 0 Å². The van der Waals surface area contributed by atoms with Crippen molar-refractivity contribution in [3.05, 3.63) is 21.7 Å². The van der Waals surface area contributed by atoms with E-state index in [1.54, 1.807) is 13.0 Å². The lowest BCUT2D eigenvalue weighted by Crippen LogP contribution is -2.20. The van der Waals surface area contributed by atoms with E-state index in [4.69, 9.17) is 14.2 Å². The Kier molecular flexibility index (Phi) is 6.01. The van der Waals surface area contributed by atoms with Crippen molar-refractivity contribution >= 4 is 27.7 Å². The number of carbonyl (C=O) groups excluding carboxylic acids is 2. The Bertz CT molecular complexity index is 525. The molecule has 5 nitrogen and oxygen atoms in total. The summed E-state index contributed by atoms with van der Waals surface area (Å²) < 4.78 is 15.8. The first-order valence-corrected chi connectivity index (χ1v) is 6.95. The molecule has 0 aliphatic heterocycles. The Hall–Kier alpha value is -1.56. The van der Waals surface area contributed by atoms with Crippen LogP contribution >= 0.6 is 15.9 Å². The third-order valence-electron chi connectivity index (χ3n) is 2.76. The number of benzene rings is 1. The van der Waals surface area contributed by atoms with E-state index in [1.807, 2.05) is 6.92 Å². The molecule has 0 N–H and O–H groups in total. The van der Waals surface area contributed by atoms with Gasteiger partial charge in [0.25, 0.3) is 5.78 Å². The highest BCUT2D eigenvalue weighted by atomic mass is 79.9. The predicted molar refractivity (Wildman–Crippen MR) is 77.6 cm³/mol. The van der Waals surface area contributed by atoms with Crippen molar-refractivity contribution in [1.29, 1.82) is 0 Å². The molecule has 1 aromatic carbocycles. The molecule has 6 heteroatoms. The second-order valence-electron chi connectivity index (χ2n) is 3.85. The van der Waals surface area contributed by atoms with Crippen molar-refractivity contribution in [2.45, 2.75) is 20.3 Å². The molecule has 0 bridgehead atoms. The van der Waals surface area contributed by atoms with Gasteiger partial charge in [0.1, 0.15) is 0 Å². The highest BCUT2D eigenvalue weighted by Gasteiger charge is 2.27. The monoisotopic (exact) mass is 344 g/mol. The molecule has 0 fully saturated rings. The molecule has 0 amide bonds. The van der Waals surface area contributed by atoms with E-state index in [-0.39, 0.29) is 12.2 Å². The summed E-state index contributed by atoms with van der Waals surface area (Å²) >= 11 is 3.30. The van der Waals surface area contributed by atoms with Crippen LogP contribution in [0, 0.1) is 0 Å². The second kappa shape index (κ2) is 7.28. The molecule has 110 valence electrons. The molecule has 0 unspecified atom stereocenters. The number of methoxy groups -OCH3 is 2. The molecule has 0 aliphatic rings. The number of ether oxygens (including phenoxy) is 3. The number of hydrogen-bond acceptors (Lipinski definition) is 5. The van der Waals surface area contributed by atoms with Crippen LogP contribution < -0.4 is 9.47 Å². The first kappa shape index (κ1) is 16.5. The molecule has 0 saturated heterocycles. The minimum atomic E-state index is -0.880. The van der Waals surface area contributed by atoms with Gasteiger partial charge in [-0.2, -0.15) is 0 Å². The summed E-state index contributed by atoms with van der Waals surface area (Å²) in [5.74, 6) is -0.630. The number of halogens is 1. The lowest BCUT2D eigenvalue weighted by atomic mass is 9.99. The van der Waals surface area contributed by atoms with Gasteiger partial charge in [-0.3, -0.25) is 4.79 Å². The largest absolute Gasteiger partial charge is 0.493 e. The summed E-state index contributed by atoms with van der Waals surface area (Å²) in [5, 5.41) is 0. The summed E-state index contributed by atoms with van der Waals surface area (Å²) in [4.78, 5) is 23.9. The Morgan fingerprint density at radius 1 is 1.20 bits per heavy atom. The fraction of sp³-hybridized carbons (Fsp3) is 0.429. The van der Waals surface area contributed by atoms with Crippen molar-refractivity contribution in [2.24, 2.45) is 0 Å². The normalized spacial score (nSPS) is 10.1. The maximum atomic E-state index is 12.2. The summed E-state index contributed by atoms with van der Waals surface area (Å²) in [6.07, 6.45) is 0.513. The van der Waals surface area contributed by atoms with Crippen molar-refractivity contribution in [2.75, 3.05) is 20.8 Å². The van der Waals surface area contributed by atoms with E-state index in [0.29, 0.717) is 28.0 Å². The van der Waals surface area contributed by atoms with Gasteiger partial charge >= 0.3 is 5.97 Å². The minimum Gasteiger partial charge on any atom is -0.493 e. The number of hydrogen-bond donors (Lipinski definition) is 0.